The van der Waals surface area contributed by atoms with Crippen molar-refractivity contribution in [3.8, 4) is 0 Å². The van der Waals surface area contributed by atoms with Gasteiger partial charge in [-0.2, -0.15) is 27.1 Å². The molecule has 13 rings (SSSR count). The summed E-state index contributed by atoms with van der Waals surface area (Å²) in [6.45, 7) is -43.3. The highest BCUT2D eigenvalue weighted by molar-refractivity contribution is 7.80. The maximum absolute atomic E-state index is 18.7. The SMILES string of the molecule is CCO[P+]1(OCC)O[B-](c2c(F)c(F)c(F)c(F)c2F)(c2c(F)c(F)c(F)c(F)c2F)O[P+]2(OCC)O[B-](c3c(F)c(F)c(F)c(F)c3F)(c3c(F)c(F)c(F)c(F)c3F)n3nc4c(n3)[P+](OCC)(O[B-](c3c(F)c(F)c(F)c(F)c3F)(c3c(F)c(F)c(F)c(F)c3F)O[P+]4(OCC)OCC)O[B-](c3c(F)c(F)c(F)c(F)c3F)(c3c(F)c(F)c(F)c(F)c3F)n3nc1c2n3. The summed E-state index contributed by atoms with van der Waals surface area (Å²) in [6, 6.07) is 0. The van der Waals surface area contributed by atoms with E-state index in [1.807, 2.05) is 0 Å². The molecule has 0 fully saturated rings. The number of fused-ring (bicyclic) bond motifs is 2. The molecule has 8 aromatic carbocycles. The van der Waals surface area contributed by atoms with E-state index in [1.54, 1.807) is 0 Å². The molecule has 66 heteroatoms. The number of benzene rings is 8. The zero-order valence-corrected chi connectivity index (χ0v) is 66.6. The average Bonchev–Trinajstić information content (AvgIpc) is 1.49. The van der Waals surface area contributed by atoms with Crippen molar-refractivity contribution in [2.24, 2.45) is 0 Å². The summed E-state index contributed by atoms with van der Waals surface area (Å²) in [5.74, 6) is -157. The van der Waals surface area contributed by atoms with Crippen LogP contribution in [0.25, 0.3) is 0 Å². The molecule has 2 unspecified atom stereocenters. The van der Waals surface area contributed by atoms with Crippen molar-refractivity contribution in [3.05, 3.63) is 233 Å². The lowest BCUT2D eigenvalue weighted by molar-refractivity contribution is 0.190. The van der Waals surface area contributed by atoms with Crippen molar-refractivity contribution < 1.29 is 229 Å². The van der Waals surface area contributed by atoms with Crippen LogP contribution in [0.15, 0.2) is 0 Å². The molecular weight excluding hydrogens is 1970 g/mol. The Morgan fingerprint density at radius 3 is 0.477 bits per heavy atom. The molecule has 4 bridgehead atoms. The Hall–Kier alpha value is -9.26. The number of hydrogen-bond donors (Lipinski definition) is 0. The first kappa shape index (κ1) is 98.2. The summed E-state index contributed by atoms with van der Waals surface area (Å²) >= 11 is 0. The van der Waals surface area contributed by atoms with Crippen LogP contribution in [-0.4, -0.2) is 95.5 Å². The lowest BCUT2D eigenvalue weighted by atomic mass is 9.42. The van der Waals surface area contributed by atoms with Crippen LogP contribution < -0.4 is 65.4 Å². The number of aromatic nitrogens is 6. The first-order valence-corrected chi connectivity index (χ1v) is 41.2. The van der Waals surface area contributed by atoms with Crippen molar-refractivity contribution in [3.63, 3.8) is 0 Å². The number of nitrogens with zero attached hydrogens (tertiary/aromatic N) is 6. The second-order valence-electron chi connectivity index (χ2n) is 26.2. The second-order valence-corrected chi connectivity index (χ2v) is 34.7. The molecule has 0 N–H and O–H groups in total. The summed E-state index contributed by atoms with van der Waals surface area (Å²) in [5.41, 5.74) is -43.8. The molecular formula is C64H30B4F40N6O12P4. The van der Waals surface area contributed by atoms with E-state index in [4.69, 9.17) is 53.8 Å². The van der Waals surface area contributed by atoms with Crippen molar-refractivity contribution in [2.75, 3.05) is 39.6 Å². The van der Waals surface area contributed by atoms with E-state index in [0.29, 0.717) is 27.7 Å². The standard InChI is InChI=1S/C64H30B4F40N6O12P4/c1-7-115-127(116-8-2)61-63-111-113(109-61)65(13-21(69)37(85)53(101)38(86)22(13)70,14-23(71)39(87)54(102)40(88)24(14)72)122-130(120-12-6)64-62(128(117-9-3,118-10-4)124-68(126-130,19-33(81)49(97)59(107)50(98)34(19)82)20-35(83)51(99)60(108)52(100)36(20)84)110-114(112-64)66(15-25(73)41(89)55(103)42(90)26(15)74,16-27(75)43(91)56(104)44(92)28(16)76)121-129(63,119-11-5)125-67(123-127,17-29(77)45(93)57(105)46(94)30(17)78)18-31(79)47(95)58(106)48(96)32(18)80/h7-12H2,1-6H3. The quantitative estimate of drug-likeness (QED) is 0.0232. The van der Waals surface area contributed by atoms with Crippen LogP contribution >= 0.6 is 31.8 Å². The van der Waals surface area contributed by atoms with Crippen LogP contribution in [0, 0.1) is 233 Å². The fourth-order valence-electron chi connectivity index (χ4n) is 14.4. The van der Waals surface area contributed by atoms with Crippen LogP contribution in [0.1, 0.15) is 41.5 Å². The summed E-state index contributed by atoms with van der Waals surface area (Å²) < 4.78 is 757. The molecule has 0 saturated heterocycles. The molecule has 2 atom stereocenters. The minimum absolute atomic E-state index is 0.0783. The molecule has 5 heterocycles. The van der Waals surface area contributed by atoms with Gasteiger partial charge in [0.25, 0.3) is 0 Å². The van der Waals surface area contributed by atoms with Crippen LogP contribution in [0.2, 0.25) is 0 Å². The second kappa shape index (κ2) is 34.0. The van der Waals surface area contributed by atoms with E-state index in [1.165, 1.54) is 0 Å². The molecule has 0 aliphatic carbocycles. The third-order valence-corrected chi connectivity index (χ3v) is 30.1. The zero-order chi connectivity index (χ0) is 96.7. The third kappa shape index (κ3) is 13.4. The Bertz CT molecular complexity index is 5630. The number of halogens is 40. The van der Waals surface area contributed by atoms with E-state index in [9.17, 15) is 0 Å². The monoisotopic (exact) mass is 2000 g/mol. The van der Waals surface area contributed by atoms with Gasteiger partial charge in [-0.15, -0.1) is 20.4 Å². The lowest BCUT2D eigenvalue weighted by Crippen LogP contribution is -2.74. The van der Waals surface area contributed by atoms with Crippen molar-refractivity contribution >= 4 is 123 Å². The highest BCUT2D eigenvalue weighted by Gasteiger charge is 2.79. The van der Waals surface area contributed by atoms with E-state index in [2.05, 4.69) is 20.4 Å². The van der Waals surface area contributed by atoms with E-state index in [-0.39, 0.29) is 13.8 Å². The van der Waals surface area contributed by atoms with Gasteiger partial charge < -0.3 is 36.1 Å². The molecule has 3 aliphatic heterocycles. The van der Waals surface area contributed by atoms with Crippen molar-refractivity contribution in [2.45, 2.75) is 41.5 Å². The minimum Gasteiger partial charge on any atom is -0.352 e. The van der Waals surface area contributed by atoms with Crippen LogP contribution in [0.5, 0.6) is 0 Å². The molecule has 700 valence electrons. The molecule has 2 aromatic heterocycles. The van der Waals surface area contributed by atoms with Gasteiger partial charge in [-0.1, -0.05) is 43.7 Å². The largest absolute Gasteiger partial charge is 0.435 e. The van der Waals surface area contributed by atoms with Gasteiger partial charge >= 0.3 is 79.6 Å². The van der Waals surface area contributed by atoms with Gasteiger partial charge in [0.1, 0.15) is 93.1 Å². The van der Waals surface area contributed by atoms with E-state index >= 15 is 176 Å². The lowest BCUT2D eigenvalue weighted by Gasteiger charge is -2.47. The topological polar surface area (TPSA) is 172 Å². The molecule has 3 aliphatic rings. The van der Waals surface area contributed by atoms with Crippen molar-refractivity contribution in [1.82, 2.24) is 29.8 Å². The predicted molar refractivity (Wildman–Crippen MR) is 363 cm³/mol. The number of rotatable bonds is 20. The smallest absolute Gasteiger partial charge is 0.352 e. The third-order valence-electron chi connectivity index (χ3n) is 19.4. The highest BCUT2D eigenvalue weighted by Crippen LogP contribution is 2.76. The molecule has 18 nitrogen and oxygen atoms in total. The molecule has 0 radical (unpaired) electrons. The Morgan fingerprint density at radius 1 is 0.185 bits per heavy atom. The Labute approximate surface area is 694 Å². The maximum atomic E-state index is 18.7. The van der Waals surface area contributed by atoms with Crippen molar-refractivity contribution in [1.29, 1.82) is 0 Å². The number of hydrogen-bond acceptors (Lipinski definition) is 16. The molecule has 0 spiro atoms. The van der Waals surface area contributed by atoms with Gasteiger partial charge in [-0.05, 0) is 41.5 Å². The Balaban J connectivity index is 1.51. The van der Waals surface area contributed by atoms with Gasteiger partial charge in [0.05, 0.1) is 39.6 Å². The van der Waals surface area contributed by atoms with Gasteiger partial charge in [-0.25, -0.2) is 176 Å². The van der Waals surface area contributed by atoms with E-state index < -0.39 is 405 Å². The minimum atomic E-state index is -8.94. The summed E-state index contributed by atoms with van der Waals surface area (Å²) in [6.07, 6.45) is 0. The fraction of sp³-hybridized carbons (Fsp3) is 0.188. The van der Waals surface area contributed by atoms with Crippen LogP contribution in [0.3, 0.4) is 0 Å². The fourth-order valence-corrected chi connectivity index (χ4v) is 26.0. The summed E-state index contributed by atoms with van der Waals surface area (Å²) in [4.78, 5) is 0. The zero-order valence-electron chi connectivity index (χ0n) is 63.0. The van der Waals surface area contributed by atoms with Gasteiger partial charge in [-0.3, -0.25) is 0 Å². The predicted octanol–water partition coefficient (Wildman–Crippen LogP) is 12.8. The summed E-state index contributed by atoms with van der Waals surface area (Å²) in [7, 11) is -33.3. The maximum Gasteiger partial charge on any atom is 0.435 e. The molecule has 0 saturated carbocycles. The molecule has 0 amide bonds. The van der Waals surface area contributed by atoms with Gasteiger partial charge in [0.15, 0.2) is 140 Å². The highest BCUT2D eigenvalue weighted by atomic mass is 31.2. The first-order chi connectivity index (χ1) is 60.7. The van der Waals surface area contributed by atoms with E-state index in [0.717, 1.165) is 0 Å². The van der Waals surface area contributed by atoms with Crippen LogP contribution in [0.4, 0.5) is 176 Å². The molecule has 130 heavy (non-hydrogen) atoms. The Kier molecular flexibility index (Phi) is 25.7. The Morgan fingerprint density at radius 2 is 0.323 bits per heavy atom. The van der Waals surface area contributed by atoms with Crippen LogP contribution in [-0.2, 0) is 53.8 Å². The summed E-state index contributed by atoms with van der Waals surface area (Å²) in [5, 5.41) is 13.4. The first-order valence-electron chi connectivity index (χ1n) is 35.1. The normalized spacial score (nSPS) is 18.4. The van der Waals surface area contributed by atoms with Gasteiger partial charge in [0, 0.05) is 0 Å². The average molecular weight is 2000 g/mol. The molecule has 10 aromatic rings. The van der Waals surface area contributed by atoms with Gasteiger partial charge in [0.2, 0.25) is 0 Å².